The number of rotatable bonds is 4. The number of para-hydroxylation sites is 1. The van der Waals surface area contributed by atoms with Crippen molar-refractivity contribution in [3.63, 3.8) is 0 Å². The highest BCUT2D eigenvalue weighted by atomic mass is 19.4. The van der Waals surface area contributed by atoms with Crippen molar-refractivity contribution in [2.45, 2.75) is 12.6 Å². The minimum atomic E-state index is -4.40. The van der Waals surface area contributed by atoms with Crippen molar-refractivity contribution in [3.05, 3.63) is 23.8 Å². The van der Waals surface area contributed by atoms with E-state index in [1.54, 1.807) is 18.2 Å². The number of ether oxygens (including phenoxy) is 2. The van der Waals surface area contributed by atoms with E-state index in [4.69, 9.17) is 9.47 Å². The lowest BCUT2D eigenvalue weighted by Gasteiger charge is -2.20. The number of hydrogen-bond acceptors (Lipinski definition) is 4. The first-order valence-electron chi connectivity index (χ1n) is 6.16. The molecule has 1 N–H and O–H groups in total. The van der Waals surface area contributed by atoms with E-state index in [0.29, 0.717) is 17.9 Å². The standard InChI is InChI=1S/C13H15F3N2O2/c1-19-10-5-2-4-9(12-17-6-3-7-18-12)11(10)20-8-13(14,15)16/h2,4-5H,3,6-8H2,1H3,(H,17,18). The van der Waals surface area contributed by atoms with Gasteiger partial charge in [0, 0.05) is 13.1 Å². The smallest absolute Gasteiger partial charge is 0.422 e. The van der Waals surface area contributed by atoms with Crippen LogP contribution in [0, 0.1) is 0 Å². The molecule has 1 heterocycles. The Labute approximate surface area is 114 Å². The van der Waals surface area contributed by atoms with E-state index in [9.17, 15) is 13.2 Å². The third-order valence-corrected chi connectivity index (χ3v) is 2.73. The lowest BCUT2D eigenvalue weighted by Crippen LogP contribution is -2.31. The number of halogens is 3. The van der Waals surface area contributed by atoms with Crippen molar-refractivity contribution in [3.8, 4) is 11.5 Å². The molecule has 1 aromatic rings. The summed E-state index contributed by atoms with van der Waals surface area (Å²) in [6.07, 6.45) is -3.51. The van der Waals surface area contributed by atoms with Crippen LogP contribution in [-0.2, 0) is 0 Å². The number of nitrogens with one attached hydrogen (secondary N) is 1. The van der Waals surface area contributed by atoms with Gasteiger partial charge in [-0.05, 0) is 18.6 Å². The molecule has 1 aromatic carbocycles. The fourth-order valence-electron chi connectivity index (χ4n) is 1.88. The van der Waals surface area contributed by atoms with Crippen LogP contribution >= 0.6 is 0 Å². The Morgan fingerprint density at radius 2 is 2.15 bits per heavy atom. The molecule has 0 spiro atoms. The number of amidine groups is 1. The summed E-state index contributed by atoms with van der Waals surface area (Å²) in [5, 5.41) is 3.06. The maximum absolute atomic E-state index is 12.3. The van der Waals surface area contributed by atoms with Gasteiger partial charge in [0.05, 0.1) is 12.7 Å². The first-order valence-corrected chi connectivity index (χ1v) is 6.16. The van der Waals surface area contributed by atoms with Crippen molar-refractivity contribution < 1.29 is 22.6 Å². The Kier molecular flexibility index (Phi) is 4.36. The fraction of sp³-hybridized carbons (Fsp3) is 0.462. The van der Waals surface area contributed by atoms with Crippen LogP contribution in [0.2, 0.25) is 0 Å². The molecule has 7 heteroatoms. The SMILES string of the molecule is COc1cccc(C2=NCCCN2)c1OCC(F)(F)F. The zero-order valence-electron chi connectivity index (χ0n) is 11.0. The van der Waals surface area contributed by atoms with Crippen LogP contribution in [0.1, 0.15) is 12.0 Å². The molecule has 110 valence electrons. The molecule has 0 saturated heterocycles. The van der Waals surface area contributed by atoms with Gasteiger partial charge in [0.15, 0.2) is 18.1 Å². The van der Waals surface area contributed by atoms with E-state index in [2.05, 4.69) is 10.3 Å². The van der Waals surface area contributed by atoms with Gasteiger partial charge in [-0.3, -0.25) is 4.99 Å². The maximum atomic E-state index is 12.3. The molecule has 0 unspecified atom stereocenters. The molecule has 0 amide bonds. The predicted octanol–water partition coefficient (Wildman–Crippen LogP) is 2.38. The van der Waals surface area contributed by atoms with Gasteiger partial charge >= 0.3 is 6.18 Å². The molecular formula is C13H15F3N2O2. The second-order valence-corrected chi connectivity index (χ2v) is 4.25. The number of aliphatic imine (C=N–C) groups is 1. The van der Waals surface area contributed by atoms with Crippen molar-refractivity contribution in [1.29, 1.82) is 0 Å². The predicted molar refractivity (Wildman–Crippen MR) is 68.6 cm³/mol. The molecule has 0 radical (unpaired) electrons. The molecule has 1 aliphatic heterocycles. The molecule has 0 aromatic heterocycles. The third kappa shape index (κ3) is 3.55. The molecular weight excluding hydrogens is 273 g/mol. The Morgan fingerprint density at radius 1 is 1.35 bits per heavy atom. The van der Waals surface area contributed by atoms with Crippen molar-refractivity contribution in [2.75, 3.05) is 26.8 Å². The van der Waals surface area contributed by atoms with Crippen LogP contribution in [0.25, 0.3) is 0 Å². The number of alkyl halides is 3. The number of methoxy groups -OCH3 is 1. The molecule has 0 atom stereocenters. The Morgan fingerprint density at radius 3 is 2.75 bits per heavy atom. The summed E-state index contributed by atoms with van der Waals surface area (Å²) in [6, 6.07) is 4.90. The molecule has 1 aliphatic rings. The summed E-state index contributed by atoms with van der Waals surface area (Å²) < 4.78 is 47.0. The van der Waals surface area contributed by atoms with Crippen LogP contribution < -0.4 is 14.8 Å². The van der Waals surface area contributed by atoms with Gasteiger partial charge in [-0.25, -0.2) is 0 Å². The molecule has 0 bridgehead atoms. The van der Waals surface area contributed by atoms with Crippen LogP contribution in [0.5, 0.6) is 11.5 Å². The van der Waals surface area contributed by atoms with Gasteiger partial charge in [-0.1, -0.05) is 6.07 Å². The van der Waals surface area contributed by atoms with E-state index in [1.165, 1.54) is 7.11 Å². The Bertz CT molecular complexity index is 501. The molecule has 2 rings (SSSR count). The van der Waals surface area contributed by atoms with Crippen molar-refractivity contribution in [2.24, 2.45) is 4.99 Å². The van der Waals surface area contributed by atoms with Gasteiger partial charge in [0.1, 0.15) is 5.84 Å². The summed E-state index contributed by atoms with van der Waals surface area (Å²) >= 11 is 0. The summed E-state index contributed by atoms with van der Waals surface area (Å²) in [5.41, 5.74) is 0.480. The van der Waals surface area contributed by atoms with Crippen molar-refractivity contribution >= 4 is 5.84 Å². The number of hydrogen-bond donors (Lipinski definition) is 1. The zero-order chi connectivity index (χ0) is 14.6. The molecule has 0 fully saturated rings. The molecule has 0 aliphatic carbocycles. The van der Waals surface area contributed by atoms with Crippen molar-refractivity contribution in [1.82, 2.24) is 5.32 Å². The van der Waals surface area contributed by atoms with Crippen LogP contribution in [0.15, 0.2) is 23.2 Å². The maximum Gasteiger partial charge on any atom is 0.422 e. The lowest BCUT2D eigenvalue weighted by molar-refractivity contribution is -0.153. The van der Waals surface area contributed by atoms with Gasteiger partial charge in [-0.2, -0.15) is 13.2 Å². The molecule has 4 nitrogen and oxygen atoms in total. The Balaban J connectivity index is 2.32. The first kappa shape index (κ1) is 14.5. The third-order valence-electron chi connectivity index (χ3n) is 2.73. The van der Waals surface area contributed by atoms with Gasteiger partial charge in [0.25, 0.3) is 0 Å². The van der Waals surface area contributed by atoms with E-state index < -0.39 is 12.8 Å². The Hall–Kier alpha value is -1.92. The fourth-order valence-corrected chi connectivity index (χ4v) is 1.88. The van der Waals surface area contributed by atoms with Crippen LogP contribution in [0.4, 0.5) is 13.2 Å². The monoisotopic (exact) mass is 288 g/mol. The second-order valence-electron chi connectivity index (χ2n) is 4.25. The number of nitrogens with zero attached hydrogens (tertiary/aromatic N) is 1. The molecule has 20 heavy (non-hydrogen) atoms. The van der Waals surface area contributed by atoms with Gasteiger partial charge < -0.3 is 14.8 Å². The van der Waals surface area contributed by atoms with E-state index >= 15 is 0 Å². The summed E-state index contributed by atoms with van der Waals surface area (Å²) in [7, 11) is 1.38. The van der Waals surface area contributed by atoms with Gasteiger partial charge in [-0.15, -0.1) is 0 Å². The molecule has 0 saturated carbocycles. The topological polar surface area (TPSA) is 42.8 Å². The van der Waals surface area contributed by atoms with Crippen LogP contribution in [0.3, 0.4) is 0 Å². The van der Waals surface area contributed by atoms with E-state index in [0.717, 1.165) is 13.0 Å². The summed E-state index contributed by atoms with van der Waals surface area (Å²) in [5.74, 6) is 0.842. The average Bonchev–Trinajstić information content (AvgIpc) is 2.44. The van der Waals surface area contributed by atoms with E-state index in [1.807, 2.05) is 0 Å². The average molecular weight is 288 g/mol. The highest BCUT2D eigenvalue weighted by Gasteiger charge is 2.30. The van der Waals surface area contributed by atoms with E-state index in [-0.39, 0.29) is 11.5 Å². The quantitative estimate of drug-likeness (QED) is 0.925. The lowest BCUT2D eigenvalue weighted by atomic mass is 10.1. The minimum Gasteiger partial charge on any atom is -0.493 e. The normalized spacial score (nSPS) is 15.3. The number of benzene rings is 1. The summed E-state index contributed by atoms with van der Waals surface area (Å²) in [4.78, 5) is 4.27. The largest absolute Gasteiger partial charge is 0.493 e. The highest BCUT2D eigenvalue weighted by Crippen LogP contribution is 2.33. The minimum absolute atomic E-state index is 0.0560. The highest BCUT2D eigenvalue weighted by molar-refractivity contribution is 6.02. The summed E-state index contributed by atoms with van der Waals surface area (Å²) in [6.45, 7) is 0.000656. The second kappa shape index (κ2) is 6.02. The van der Waals surface area contributed by atoms with Gasteiger partial charge in [0.2, 0.25) is 0 Å². The zero-order valence-corrected chi connectivity index (χ0v) is 11.0. The first-order chi connectivity index (χ1) is 9.51. The van der Waals surface area contributed by atoms with Crippen LogP contribution in [-0.4, -0.2) is 38.8 Å².